The Hall–Kier alpha value is -2.72. The number of aromatic nitrogens is 2. The van der Waals surface area contributed by atoms with Crippen LogP contribution in [0.2, 0.25) is 0 Å². The van der Waals surface area contributed by atoms with E-state index in [4.69, 9.17) is 4.98 Å². The number of nitrogens with one attached hydrogen (secondary N) is 1. The van der Waals surface area contributed by atoms with Gasteiger partial charge in [0.2, 0.25) is 21.9 Å². The Morgan fingerprint density at radius 2 is 1.61 bits per heavy atom. The van der Waals surface area contributed by atoms with E-state index < -0.39 is 10.0 Å². The molecule has 0 bridgehead atoms. The van der Waals surface area contributed by atoms with Crippen molar-refractivity contribution < 1.29 is 13.2 Å². The summed E-state index contributed by atoms with van der Waals surface area (Å²) in [5.41, 5.74) is 3.06. The lowest BCUT2D eigenvalue weighted by Gasteiger charge is -2.38. The third-order valence-corrected chi connectivity index (χ3v) is 7.62. The highest BCUT2D eigenvalue weighted by molar-refractivity contribution is 7.88. The van der Waals surface area contributed by atoms with Crippen LogP contribution in [0, 0.1) is 19.8 Å². The van der Waals surface area contributed by atoms with Crippen LogP contribution in [0.15, 0.2) is 30.3 Å². The zero-order chi connectivity index (χ0) is 23.6. The maximum absolute atomic E-state index is 13.0. The molecule has 1 N–H and O–H groups in total. The Bertz CT molecular complexity index is 1090. The van der Waals surface area contributed by atoms with Crippen LogP contribution in [0.25, 0.3) is 0 Å². The van der Waals surface area contributed by atoms with E-state index in [1.54, 1.807) is 0 Å². The highest BCUT2D eigenvalue weighted by Gasteiger charge is 2.33. The first kappa shape index (κ1) is 23.4. The standard InChI is InChI=1S/C23H32N6O3S/c1-17-4-6-20(7-5-17)25-21-16-18(2)24-23(26-21)28-14-12-27(13-15-28)22(30)19-8-10-29(11-9-19)33(3,31)32/h4-7,16,19H,8-15H2,1-3H3,(H,24,25,26). The van der Waals surface area contributed by atoms with E-state index in [0.717, 1.165) is 17.2 Å². The molecule has 1 aromatic heterocycles. The van der Waals surface area contributed by atoms with Gasteiger partial charge in [-0.3, -0.25) is 4.79 Å². The number of carbonyl (C=O) groups is 1. The summed E-state index contributed by atoms with van der Waals surface area (Å²) < 4.78 is 24.9. The van der Waals surface area contributed by atoms with Crippen LogP contribution in [0.4, 0.5) is 17.5 Å². The Morgan fingerprint density at radius 3 is 2.21 bits per heavy atom. The third kappa shape index (κ3) is 5.80. The average molecular weight is 473 g/mol. The molecule has 0 spiro atoms. The SMILES string of the molecule is Cc1ccc(Nc2cc(C)nc(N3CCN(C(=O)C4CCN(S(C)(=O)=O)CC4)CC3)n2)cc1. The number of piperidine rings is 1. The maximum Gasteiger partial charge on any atom is 0.227 e. The molecular weight excluding hydrogens is 440 g/mol. The van der Waals surface area contributed by atoms with Crippen molar-refractivity contribution in [2.45, 2.75) is 26.7 Å². The zero-order valence-corrected chi connectivity index (χ0v) is 20.3. The summed E-state index contributed by atoms with van der Waals surface area (Å²) in [6, 6.07) is 10.1. The Labute approximate surface area is 195 Å². The average Bonchev–Trinajstić information content (AvgIpc) is 2.79. The topological polar surface area (TPSA) is 98.7 Å². The van der Waals surface area contributed by atoms with E-state index in [-0.39, 0.29) is 11.8 Å². The molecule has 0 radical (unpaired) electrons. The van der Waals surface area contributed by atoms with Gasteiger partial charge < -0.3 is 15.1 Å². The van der Waals surface area contributed by atoms with Crippen molar-refractivity contribution in [3.63, 3.8) is 0 Å². The highest BCUT2D eigenvalue weighted by Crippen LogP contribution is 2.24. The van der Waals surface area contributed by atoms with Crippen LogP contribution in [-0.4, -0.2) is 79.0 Å². The van der Waals surface area contributed by atoms with E-state index >= 15 is 0 Å². The van der Waals surface area contributed by atoms with Crippen molar-refractivity contribution in [1.82, 2.24) is 19.2 Å². The Morgan fingerprint density at radius 1 is 0.970 bits per heavy atom. The molecule has 1 aromatic carbocycles. The number of amides is 1. The van der Waals surface area contributed by atoms with Crippen LogP contribution >= 0.6 is 0 Å². The van der Waals surface area contributed by atoms with Gasteiger partial charge >= 0.3 is 0 Å². The van der Waals surface area contributed by atoms with E-state index in [0.29, 0.717) is 58.1 Å². The number of rotatable bonds is 5. The van der Waals surface area contributed by atoms with Gasteiger partial charge in [-0.2, -0.15) is 4.98 Å². The molecule has 2 fully saturated rings. The number of carbonyl (C=O) groups excluding carboxylic acids is 1. The van der Waals surface area contributed by atoms with Crippen LogP contribution in [0.5, 0.6) is 0 Å². The molecule has 2 saturated heterocycles. The normalized spacial score (nSPS) is 18.4. The van der Waals surface area contributed by atoms with Gasteiger partial charge in [-0.15, -0.1) is 0 Å². The number of aryl methyl sites for hydroxylation is 2. The summed E-state index contributed by atoms with van der Waals surface area (Å²) in [5.74, 6) is 1.44. The molecule has 0 atom stereocenters. The second kappa shape index (κ2) is 9.64. The minimum Gasteiger partial charge on any atom is -0.340 e. The summed E-state index contributed by atoms with van der Waals surface area (Å²) >= 11 is 0. The Balaban J connectivity index is 1.34. The predicted molar refractivity (Wildman–Crippen MR) is 129 cm³/mol. The minimum atomic E-state index is -3.18. The molecule has 2 aliphatic rings. The number of hydrogen-bond acceptors (Lipinski definition) is 7. The van der Waals surface area contributed by atoms with Crippen LogP contribution < -0.4 is 10.2 Å². The Kier molecular flexibility index (Phi) is 6.85. The molecule has 3 heterocycles. The van der Waals surface area contributed by atoms with Crippen molar-refractivity contribution in [1.29, 1.82) is 0 Å². The summed E-state index contributed by atoms with van der Waals surface area (Å²) in [6.07, 6.45) is 2.39. The van der Waals surface area contributed by atoms with Crippen LogP contribution in [-0.2, 0) is 14.8 Å². The minimum absolute atomic E-state index is 0.102. The van der Waals surface area contributed by atoms with Gasteiger partial charge in [0, 0.05) is 62.6 Å². The van der Waals surface area contributed by atoms with E-state index in [2.05, 4.69) is 34.3 Å². The second-order valence-electron chi connectivity index (χ2n) is 8.93. The first-order valence-corrected chi connectivity index (χ1v) is 13.2. The molecule has 4 rings (SSSR count). The lowest BCUT2D eigenvalue weighted by molar-refractivity contribution is -0.137. The summed E-state index contributed by atoms with van der Waals surface area (Å²) in [6.45, 7) is 7.41. The molecule has 2 aromatic rings. The second-order valence-corrected chi connectivity index (χ2v) is 10.9. The number of hydrogen-bond donors (Lipinski definition) is 1. The van der Waals surface area contributed by atoms with Crippen molar-refractivity contribution in [2.75, 3.05) is 55.7 Å². The third-order valence-electron chi connectivity index (χ3n) is 6.31. The van der Waals surface area contributed by atoms with Crippen LogP contribution in [0.1, 0.15) is 24.1 Å². The van der Waals surface area contributed by atoms with Crippen LogP contribution in [0.3, 0.4) is 0 Å². The van der Waals surface area contributed by atoms with E-state index in [9.17, 15) is 13.2 Å². The van der Waals surface area contributed by atoms with Gasteiger partial charge in [0.25, 0.3) is 0 Å². The van der Waals surface area contributed by atoms with Crippen molar-refractivity contribution in [3.8, 4) is 0 Å². The van der Waals surface area contributed by atoms with E-state index in [1.807, 2.05) is 30.0 Å². The number of anilines is 3. The summed E-state index contributed by atoms with van der Waals surface area (Å²) in [5, 5.41) is 3.35. The van der Waals surface area contributed by atoms with Gasteiger partial charge in [-0.25, -0.2) is 17.7 Å². The van der Waals surface area contributed by atoms with Crippen molar-refractivity contribution in [3.05, 3.63) is 41.6 Å². The molecule has 0 aliphatic carbocycles. The smallest absolute Gasteiger partial charge is 0.227 e. The quantitative estimate of drug-likeness (QED) is 0.712. The van der Waals surface area contributed by atoms with Gasteiger partial charge in [0.15, 0.2) is 0 Å². The largest absolute Gasteiger partial charge is 0.340 e. The lowest BCUT2D eigenvalue weighted by atomic mass is 9.96. The predicted octanol–water partition coefficient (Wildman–Crippen LogP) is 2.16. The molecule has 2 aliphatic heterocycles. The first-order valence-electron chi connectivity index (χ1n) is 11.4. The molecule has 0 unspecified atom stereocenters. The molecule has 178 valence electrons. The zero-order valence-electron chi connectivity index (χ0n) is 19.5. The fourth-order valence-electron chi connectivity index (χ4n) is 4.36. The van der Waals surface area contributed by atoms with Gasteiger partial charge in [0.05, 0.1) is 6.26 Å². The number of piperazine rings is 1. The molecule has 10 heteroatoms. The molecule has 0 saturated carbocycles. The monoisotopic (exact) mass is 472 g/mol. The lowest BCUT2D eigenvalue weighted by Crippen LogP contribution is -2.52. The molecular formula is C23H32N6O3S. The highest BCUT2D eigenvalue weighted by atomic mass is 32.2. The van der Waals surface area contributed by atoms with Crippen molar-refractivity contribution >= 4 is 33.4 Å². The molecule has 9 nitrogen and oxygen atoms in total. The fourth-order valence-corrected chi connectivity index (χ4v) is 5.24. The maximum atomic E-state index is 13.0. The fraction of sp³-hybridized carbons (Fsp3) is 0.522. The molecule has 33 heavy (non-hydrogen) atoms. The molecule has 1 amide bonds. The van der Waals surface area contributed by atoms with Gasteiger partial charge in [-0.1, -0.05) is 17.7 Å². The van der Waals surface area contributed by atoms with E-state index in [1.165, 1.54) is 16.1 Å². The first-order chi connectivity index (χ1) is 15.7. The van der Waals surface area contributed by atoms with Gasteiger partial charge in [-0.05, 0) is 38.8 Å². The summed E-state index contributed by atoms with van der Waals surface area (Å²) in [4.78, 5) is 26.3. The van der Waals surface area contributed by atoms with Gasteiger partial charge in [0.1, 0.15) is 5.82 Å². The number of nitrogens with zero attached hydrogens (tertiary/aromatic N) is 5. The number of sulfonamides is 1. The van der Waals surface area contributed by atoms with Crippen molar-refractivity contribution in [2.24, 2.45) is 5.92 Å². The number of benzene rings is 1. The summed E-state index contributed by atoms with van der Waals surface area (Å²) in [7, 11) is -3.18.